The highest BCUT2D eigenvalue weighted by atomic mass is 35.5. The van der Waals surface area contributed by atoms with Crippen LogP contribution in [-0.4, -0.2) is 11.2 Å². The highest BCUT2D eigenvalue weighted by molar-refractivity contribution is 8.00. The molecule has 1 N–H and O–H groups in total. The average molecular weight is 334 g/mol. The minimum atomic E-state index is -0.160. The quantitative estimate of drug-likeness (QED) is 0.779. The van der Waals surface area contributed by atoms with Crippen molar-refractivity contribution in [1.82, 2.24) is 5.32 Å². The lowest BCUT2D eigenvalue weighted by Gasteiger charge is -2.18. The van der Waals surface area contributed by atoms with Gasteiger partial charge in [0.25, 0.3) is 0 Å². The Labute approximate surface area is 141 Å². The SMILES string of the molecule is Cc1ccc(SC(C)C(=O)NC(C)c2ccccc2Cl)cc1. The Balaban J connectivity index is 1.96. The van der Waals surface area contributed by atoms with E-state index in [2.05, 4.69) is 24.4 Å². The largest absolute Gasteiger partial charge is 0.349 e. The maximum absolute atomic E-state index is 12.3. The molecule has 0 fully saturated rings. The van der Waals surface area contributed by atoms with Crippen LogP contribution in [0, 0.1) is 6.92 Å². The van der Waals surface area contributed by atoms with Gasteiger partial charge in [-0.1, -0.05) is 47.5 Å². The van der Waals surface area contributed by atoms with Gasteiger partial charge in [0, 0.05) is 9.92 Å². The lowest BCUT2D eigenvalue weighted by Crippen LogP contribution is -2.33. The molecule has 0 saturated heterocycles. The van der Waals surface area contributed by atoms with Crippen LogP contribution < -0.4 is 5.32 Å². The molecule has 0 saturated carbocycles. The van der Waals surface area contributed by atoms with E-state index < -0.39 is 0 Å². The molecular weight excluding hydrogens is 314 g/mol. The van der Waals surface area contributed by atoms with Crippen LogP contribution in [0.25, 0.3) is 0 Å². The first kappa shape index (κ1) is 16.9. The molecule has 1 amide bonds. The molecule has 2 rings (SSSR count). The molecule has 0 aliphatic heterocycles. The second kappa shape index (κ2) is 7.70. The van der Waals surface area contributed by atoms with Crippen LogP contribution in [0.2, 0.25) is 5.02 Å². The topological polar surface area (TPSA) is 29.1 Å². The van der Waals surface area contributed by atoms with Crippen LogP contribution in [0.5, 0.6) is 0 Å². The number of rotatable bonds is 5. The molecule has 22 heavy (non-hydrogen) atoms. The van der Waals surface area contributed by atoms with Gasteiger partial charge in [0.1, 0.15) is 0 Å². The van der Waals surface area contributed by atoms with E-state index in [0.29, 0.717) is 5.02 Å². The zero-order chi connectivity index (χ0) is 16.1. The summed E-state index contributed by atoms with van der Waals surface area (Å²) in [5.41, 5.74) is 2.15. The minimum absolute atomic E-state index is 0.0120. The molecular formula is C18H20ClNOS. The van der Waals surface area contributed by atoms with Gasteiger partial charge < -0.3 is 5.32 Å². The lowest BCUT2D eigenvalue weighted by molar-refractivity contribution is -0.120. The number of carbonyl (C=O) groups excluding carboxylic acids is 1. The number of hydrogen-bond acceptors (Lipinski definition) is 2. The fraction of sp³-hybridized carbons (Fsp3) is 0.278. The normalized spacial score (nSPS) is 13.5. The second-order valence-electron chi connectivity index (χ2n) is 5.32. The molecule has 4 heteroatoms. The van der Waals surface area contributed by atoms with Crippen LogP contribution >= 0.6 is 23.4 Å². The van der Waals surface area contributed by atoms with Crippen LogP contribution in [0.15, 0.2) is 53.4 Å². The first-order valence-corrected chi connectivity index (χ1v) is 8.51. The summed E-state index contributed by atoms with van der Waals surface area (Å²) in [7, 11) is 0. The third kappa shape index (κ3) is 4.52. The molecule has 0 heterocycles. The number of aryl methyl sites for hydroxylation is 1. The van der Waals surface area contributed by atoms with Crippen LogP contribution in [0.3, 0.4) is 0 Å². The Bertz CT molecular complexity index is 642. The van der Waals surface area contributed by atoms with Gasteiger partial charge in [-0.05, 0) is 44.5 Å². The van der Waals surface area contributed by atoms with Crippen molar-refractivity contribution in [1.29, 1.82) is 0 Å². The molecule has 0 aliphatic rings. The summed E-state index contributed by atoms with van der Waals surface area (Å²) in [5.74, 6) is 0.0120. The smallest absolute Gasteiger partial charge is 0.233 e. The fourth-order valence-corrected chi connectivity index (χ4v) is 3.29. The molecule has 2 unspecified atom stereocenters. The van der Waals surface area contributed by atoms with Gasteiger partial charge >= 0.3 is 0 Å². The van der Waals surface area contributed by atoms with E-state index in [9.17, 15) is 4.79 Å². The predicted molar refractivity (Wildman–Crippen MR) is 94.5 cm³/mol. The summed E-state index contributed by atoms with van der Waals surface area (Å²) in [4.78, 5) is 13.4. The number of halogens is 1. The standard InChI is InChI=1S/C18H20ClNOS/c1-12-8-10-15(11-9-12)22-14(3)18(21)20-13(2)16-6-4-5-7-17(16)19/h4-11,13-14H,1-3H3,(H,20,21). The van der Waals surface area contributed by atoms with E-state index in [1.807, 2.05) is 50.2 Å². The molecule has 0 aromatic heterocycles. The number of hydrogen-bond donors (Lipinski definition) is 1. The predicted octanol–water partition coefficient (Wildman–Crippen LogP) is 5.01. The van der Waals surface area contributed by atoms with Crippen molar-refractivity contribution in [3.05, 3.63) is 64.7 Å². The maximum Gasteiger partial charge on any atom is 0.233 e. The van der Waals surface area contributed by atoms with Crippen molar-refractivity contribution in [2.75, 3.05) is 0 Å². The zero-order valence-corrected chi connectivity index (χ0v) is 14.5. The fourth-order valence-electron chi connectivity index (χ4n) is 2.11. The highest BCUT2D eigenvalue weighted by Crippen LogP contribution is 2.26. The number of thioether (sulfide) groups is 1. The molecule has 0 aliphatic carbocycles. The van der Waals surface area contributed by atoms with Gasteiger partial charge in [-0.3, -0.25) is 4.79 Å². The third-order valence-corrected chi connectivity index (χ3v) is 4.89. The van der Waals surface area contributed by atoms with Crippen molar-refractivity contribution < 1.29 is 4.79 Å². The van der Waals surface area contributed by atoms with E-state index in [1.165, 1.54) is 5.56 Å². The summed E-state index contributed by atoms with van der Waals surface area (Å²) in [6, 6.07) is 15.7. The Hall–Kier alpha value is -1.45. The second-order valence-corrected chi connectivity index (χ2v) is 7.15. The minimum Gasteiger partial charge on any atom is -0.349 e. The molecule has 0 bridgehead atoms. The van der Waals surface area contributed by atoms with E-state index >= 15 is 0 Å². The van der Waals surface area contributed by atoms with Gasteiger partial charge in [-0.25, -0.2) is 0 Å². The molecule has 2 atom stereocenters. The van der Waals surface area contributed by atoms with E-state index in [4.69, 9.17) is 11.6 Å². The summed E-state index contributed by atoms with van der Waals surface area (Å²) < 4.78 is 0. The third-order valence-electron chi connectivity index (χ3n) is 3.43. The number of amides is 1. The zero-order valence-electron chi connectivity index (χ0n) is 13.0. The van der Waals surface area contributed by atoms with Crippen molar-refractivity contribution in [2.45, 2.75) is 37.0 Å². The molecule has 2 nitrogen and oxygen atoms in total. The highest BCUT2D eigenvalue weighted by Gasteiger charge is 2.18. The van der Waals surface area contributed by atoms with Crippen molar-refractivity contribution in [3.8, 4) is 0 Å². The van der Waals surface area contributed by atoms with E-state index in [-0.39, 0.29) is 17.2 Å². The monoisotopic (exact) mass is 333 g/mol. The molecule has 0 spiro atoms. The van der Waals surface area contributed by atoms with Gasteiger partial charge in [0.05, 0.1) is 11.3 Å². The Kier molecular flexibility index (Phi) is 5.92. The molecule has 2 aromatic carbocycles. The number of nitrogens with one attached hydrogen (secondary N) is 1. The van der Waals surface area contributed by atoms with Gasteiger partial charge in [0.2, 0.25) is 5.91 Å². The summed E-state index contributed by atoms with van der Waals surface area (Å²) in [6.07, 6.45) is 0. The van der Waals surface area contributed by atoms with Crippen molar-refractivity contribution in [3.63, 3.8) is 0 Å². The Morgan fingerprint density at radius 2 is 1.73 bits per heavy atom. The van der Waals surface area contributed by atoms with Crippen molar-refractivity contribution >= 4 is 29.3 Å². The van der Waals surface area contributed by atoms with Crippen LogP contribution in [-0.2, 0) is 4.79 Å². The number of carbonyl (C=O) groups is 1. The summed E-state index contributed by atoms with van der Waals surface area (Å²) >= 11 is 7.73. The maximum atomic E-state index is 12.3. The van der Waals surface area contributed by atoms with Crippen molar-refractivity contribution in [2.24, 2.45) is 0 Å². The first-order valence-electron chi connectivity index (χ1n) is 7.25. The van der Waals surface area contributed by atoms with Crippen LogP contribution in [0.4, 0.5) is 0 Å². The van der Waals surface area contributed by atoms with Crippen LogP contribution in [0.1, 0.15) is 31.0 Å². The van der Waals surface area contributed by atoms with Gasteiger partial charge in [-0.2, -0.15) is 0 Å². The molecule has 2 aromatic rings. The number of benzene rings is 2. The Morgan fingerprint density at radius 1 is 1.09 bits per heavy atom. The average Bonchev–Trinajstić information content (AvgIpc) is 2.49. The van der Waals surface area contributed by atoms with Gasteiger partial charge in [-0.15, -0.1) is 11.8 Å². The van der Waals surface area contributed by atoms with E-state index in [0.717, 1.165) is 10.5 Å². The van der Waals surface area contributed by atoms with E-state index in [1.54, 1.807) is 11.8 Å². The molecule has 0 radical (unpaired) electrons. The first-order chi connectivity index (χ1) is 10.5. The molecule has 116 valence electrons. The summed E-state index contributed by atoms with van der Waals surface area (Å²) in [6.45, 7) is 5.91. The van der Waals surface area contributed by atoms with Gasteiger partial charge in [0.15, 0.2) is 0 Å². The lowest BCUT2D eigenvalue weighted by atomic mass is 10.1. The summed E-state index contributed by atoms with van der Waals surface area (Å²) in [5, 5.41) is 3.54. The Morgan fingerprint density at radius 3 is 2.36 bits per heavy atom.